The van der Waals surface area contributed by atoms with Crippen molar-refractivity contribution in [2.24, 2.45) is 0 Å². The molecule has 1 aromatic carbocycles. The Morgan fingerprint density at radius 2 is 1.96 bits per heavy atom. The summed E-state index contributed by atoms with van der Waals surface area (Å²) in [7, 11) is 1.55. The molecule has 0 saturated carbocycles. The number of hydrogen-bond donors (Lipinski definition) is 2. The van der Waals surface area contributed by atoms with Gasteiger partial charge in [-0.2, -0.15) is 0 Å². The highest BCUT2D eigenvalue weighted by Crippen LogP contribution is 2.29. The molecule has 2 rings (SSSR count). The van der Waals surface area contributed by atoms with Gasteiger partial charge in [0, 0.05) is 22.9 Å². The number of benzene rings is 1. The molecule has 0 aliphatic rings. The highest BCUT2D eigenvalue weighted by atomic mass is 16.5. The highest BCUT2D eigenvalue weighted by molar-refractivity contribution is 5.86. The molecule has 25 heavy (non-hydrogen) atoms. The van der Waals surface area contributed by atoms with Crippen LogP contribution in [0.4, 0.5) is 0 Å². The van der Waals surface area contributed by atoms with Crippen LogP contribution in [0.15, 0.2) is 21.3 Å². The number of carboxylic acids is 1. The van der Waals surface area contributed by atoms with Gasteiger partial charge in [0.05, 0.1) is 7.11 Å². The van der Waals surface area contributed by atoms with Crippen molar-refractivity contribution in [3.8, 4) is 5.75 Å². The van der Waals surface area contributed by atoms with E-state index in [-0.39, 0.29) is 12.8 Å². The molecule has 0 saturated heterocycles. The smallest absolute Gasteiger partial charge is 0.339 e. The maximum atomic E-state index is 12.3. The molecule has 0 aliphatic carbocycles. The van der Waals surface area contributed by atoms with Gasteiger partial charge in [-0.3, -0.25) is 9.59 Å². The highest BCUT2D eigenvalue weighted by Gasteiger charge is 2.18. The summed E-state index contributed by atoms with van der Waals surface area (Å²) >= 11 is 0. The Hall–Kier alpha value is -2.83. The van der Waals surface area contributed by atoms with Crippen LogP contribution in [-0.2, 0) is 16.0 Å². The third-order valence-corrected chi connectivity index (χ3v) is 4.22. The summed E-state index contributed by atoms with van der Waals surface area (Å²) in [4.78, 5) is 34.9. The average molecular weight is 347 g/mol. The molecule has 0 aliphatic heterocycles. The number of carbonyl (C=O) groups is 2. The monoisotopic (exact) mass is 347 g/mol. The van der Waals surface area contributed by atoms with Crippen molar-refractivity contribution in [2.75, 3.05) is 7.11 Å². The third kappa shape index (κ3) is 3.81. The lowest BCUT2D eigenvalue weighted by molar-refractivity contribution is -0.141. The van der Waals surface area contributed by atoms with Crippen LogP contribution < -0.4 is 15.7 Å². The summed E-state index contributed by atoms with van der Waals surface area (Å²) in [5.74, 6) is -0.913. The number of fused-ring (bicyclic) bond motifs is 1. The predicted octanol–water partition coefficient (Wildman–Crippen LogP) is 1.94. The van der Waals surface area contributed by atoms with Gasteiger partial charge < -0.3 is 19.6 Å². The molecule has 0 fully saturated rings. The first-order chi connectivity index (χ1) is 11.8. The summed E-state index contributed by atoms with van der Waals surface area (Å²) in [5.41, 5.74) is 1.86. The van der Waals surface area contributed by atoms with Crippen LogP contribution in [0.5, 0.6) is 5.75 Å². The molecule has 2 aromatic rings. The molecule has 1 aromatic heterocycles. The van der Waals surface area contributed by atoms with E-state index in [0.29, 0.717) is 16.9 Å². The van der Waals surface area contributed by atoms with Crippen molar-refractivity contribution >= 4 is 22.8 Å². The van der Waals surface area contributed by atoms with Crippen LogP contribution in [0.3, 0.4) is 0 Å². The second-order valence-electron chi connectivity index (χ2n) is 5.89. The Morgan fingerprint density at radius 1 is 1.28 bits per heavy atom. The first-order valence-electron chi connectivity index (χ1n) is 7.88. The molecule has 0 unspecified atom stereocenters. The molecule has 1 heterocycles. The normalized spacial score (nSPS) is 12.0. The Kier molecular flexibility index (Phi) is 5.46. The van der Waals surface area contributed by atoms with Crippen molar-refractivity contribution in [3.05, 3.63) is 39.2 Å². The summed E-state index contributed by atoms with van der Waals surface area (Å²) in [6.07, 6.45) is 0.178. The van der Waals surface area contributed by atoms with Gasteiger partial charge in [-0.25, -0.2) is 4.79 Å². The molecule has 0 spiro atoms. The second kappa shape index (κ2) is 7.38. The van der Waals surface area contributed by atoms with E-state index in [1.165, 1.54) is 6.92 Å². The van der Waals surface area contributed by atoms with Crippen molar-refractivity contribution in [1.29, 1.82) is 0 Å². The molecular weight excluding hydrogens is 326 g/mol. The fourth-order valence-electron chi connectivity index (χ4n) is 2.69. The molecule has 7 heteroatoms. The SMILES string of the molecule is COc1ccc2c(C)c(CCC(=O)N[C@H](C)C(=O)O)c(=O)oc2c1C. The fourth-order valence-corrected chi connectivity index (χ4v) is 2.69. The molecule has 134 valence electrons. The standard InChI is InChI=1S/C18H21NO6/c1-9-12-5-7-14(24-4)10(2)16(12)25-18(23)13(9)6-8-15(20)19-11(3)17(21)22/h5,7,11H,6,8H2,1-4H3,(H,19,20)(H,21,22)/t11-/m1/s1. The minimum absolute atomic E-state index is 0.00383. The molecule has 2 N–H and O–H groups in total. The number of methoxy groups -OCH3 is 1. The zero-order chi connectivity index (χ0) is 18.7. The lowest BCUT2D eigenvalue weighted by Crippen LogP contribution is -2.38. The fraction of sp³-hybridized carbons (Fsp3) is 0.389. The van der Waals surface area contributed by atoms with Crippen molar-refractivity contribution in [2.45, 2.75) is 39.7 Å². The van der Waals surface area contributed by atoms with Gasteiger partial charge in [-0.1, -0.05) is 0 Å². The summed E-state index contributed by atoms with van der Waals surface area (Å²) in [6.45, 7) is 4.99. The number of aliphatic carboxylic acids is 1. The Balaban J connectivity index is 2.29. The van der Waals surface area contributed by atoms with Gasteiger partial charge in [0.15, 0.2) is 0 Å². The molecule has 1 amide bonds. The second-order valence-corrected chi connectivity index (χ2v) is 5.89. The van der Waals surface area contributed by atoms with Gasteiger partial charge in [0.1, 0.15) is 17.4 Å². The Labute approximate surface area is 144 Å². The topological polar surface area (TPSA) is 106 Å². The molecule has 0 bridgehead atoms. The van der Waals surface area contributed by atoms with Gasteiger partial charge in [0.2, 0.25) is 5.91 Å². The number of rotatable bonds is 6. The molecule has 1 atom stereocenters. The predicted molar refractivity (Wildman–Crippen MR) is 92.1 cm³/mol. The number of aryl methyl sites for hydroxylation is 2. The lowest BCUT2D eigenvalue weighted by atomic mass is 10.00. The van der Waals surface area contributed by atoms with Crippen LogP contribution in [-0.4, -0.2) is 30.1 Å². The number of nitrogens with one attached hydrogen (secondary N) is 1. The van der Waals surface area contributed by atoms with Gasteiger partial charge in [0.25, 0.3) is 0 Å². The van der Waals surface area contributed by atoms with Gasteiger partial charge >= 0.3 is 11.6 Å². The van der Waals surface area contributed by atoms with E-state index in [9.17, 15) is 14.4 Å². The largest absolute Gasteiger partial charge is 0.496 e. The van der Waals surface area contributed by atoms with E-state index >= 15 is 0 Å². The third-order valence-electron chi connectivity index (χ3n) is 4.22. The summed E-state index contributed by atoms with van der Waals surface area (Å²) in [5, 5.41) is 11.9. The van der Waals surface area contributed by atoms with E-state index in [1.807, 2.05) is 13.0 Å². The Bertz CT molecular complexity index is 883. The van der Waals surface area contributed by atoms with Crippen LogP contribution in [0, 0.1) is 13.8 Å². The van der Waals surface area contributed by atoms with E-state index in [1.54, 1.807) is 20.1 Å². The van der Waals surface area contributed by atoms with Crippen LogP contribution in [0.2, 0.25) is 0 Å². The van der Waals surface area contributed by atoms with E-state index in [0.717, 1.165) is 16.5 Å². The van der Waals surface area contributed by atoms with Crippen LogP contribution in [0.1, 0.15) is 30.0 Å². The maximum Gasteiger partial charge on any atom is 0.339 e. The van der Waals surface area contributed by atoms with E-state index < -0.39 is 23.5 Å². The average Bonchev–Trinajstić information content (AvgIpc) is 2.55. The number of ether oxygens (including phenoxy) is 1. The van der Waals surface area contributed by atoms with Crippen LogP contribution >= 0.6 is 0 Å². The van der Waals surface area contributed by atoms with E-state index in [2.05, 4.69) is 5.32 Å². The van der Waals surface area contributed by atoms with Crippen molar-refractivity contribution < 1.29 is 23.8 Å². The number of carbonyl (C=O) groups excluding carboxylic acids is 1. The van der Waals surface area contributed by atoms with Crippen molar-refractivity contribution in [3.63, 3.8) is 0 Å². The Morgan fingerprint density at radius 3 is 2.56 bits per heavy atom. The van der Waals surface area contributed by atoms with Gasteiger partial charge in [-0.15, -0.1) is 0 Å². The first-order valence-corrected chi connectivity index (χ1v) is 7.88. The summed E-state index contributed by atoms with van der Waals surface area (Å²) in [6, 6.07) is 2.64. The quantitative estimate of drug-likeness (QED) is 0.774. The first kappa shape index (κ1) is 18.5. The van der Waals surface area contributed by atoms with Crippen LogP contribution in [0.25, 0.3) is 11.0 Å². The zero-order valence-electron chi connectivity index (χ0n) is 14.6. The molecular formula is C18H21NO6. The summed E-state index contributed by atoms with van der Waals surface area (Å²) < 4.78 is 10.7. The minimum Gasteiger partial charge on any atom is -0.496 e. The van der Waals surface area contributed by atoms with Gasteiger partial charge in [-0.05, 0) is 44.9 Å². The van der Waals surface area contributed by atoms with E-state index in [4.69, 9.17) is 14.3 Å². The maximum absolute atomic E-state index is 12.3. The zero-order valence-corrected chi connectivity index (χ0v) is 14.6. The lowest BCUT2D eigenvalue weighted by Gasteiger charge is -2.12. The number of carboxylic acid groups (broad SMARTS) is 1. The molecule has 0 radical (unpaired) electrons. The number of hydrogen-bond acceptors (Lipinski definition) is 5. The number of amides is 1. The van der Waals surface area contributed by atoms with Crippen molar-refractivity contribution in [1.82, 2.24) is 5.32 Å². The molecule has 7 nitrogen and oxygen atoms in total. The minimum atomic E-state index is -1.11.